The monoisotopic (exact) mass is 400 g/mol. The minimum Gasteiger partial charge on any atom is -0.508 e. The van der Waals surface area contributed by atoms with Crippen LogP contribution in [0.2, 0.25) is 0 Å². The zero-order valence-corrected chi connectivity index (χ0v) is 17.0. The quantitative estimate of drug-likeness (QED) is 0.556. The number of phenols is 1. The number of hydrogen-bond donors (Lipinski definition) is 2. The molecule has 2 N–H and O–H groups in total. The van der Waals surface area contributed by atoms with Crippen molar-refractivity contribution in [2.75, 3.05) is 39.7 Å². The molecule has 0 aliphatic rings. The average molecular weight is 400 g/mol. The molecule has 1 aromatic heterocycles. The largest absolute Gasteiger partial charge is 0.508 e. The number of fused-ring (bicyclic) bond motifs is 1. The molecule has 8 heteroatoms. The fourth-order valence-corrected chi connectivity index (χ4v) is 2.94. The predicted octanol–water partition coefficient (Wildman–Crippen LogP) is 3.87. The molecule has 2 aromatic carbocycles. The van der Waals surface area contributed by atoms with Crippen molar-refractivity contribution in [2.24, 2.45) is 0 Å². The second-order valence-electron chi connectivity index (χ2n) is 6.94. The Kier molecular flexibility index (Phi) is 6.33. The number of halogens is 1. The van der Waals surface area contributed by atoms with E-state index in [1.54, 1.807) is 26.2 Å². The van der Waals surface area contributed by atoms with Crippen molar-refractivity contribution in [1.82, 2.24) is 14.9 Å². The van der Waals surface area contributed by atoms with Gasteiger partial charge in [0.2, 0.25) is 0 Å². The van der Waals surface area contributed by atoms with Gasteiger partial charge in [-0.25, -0.2) is 14.4 Å². The van der Waals surface area contributed by atoms with E-state index >= 15 is 0 Å². The SMILES string of the molecule is COc1cc2c(Nc3c(F)ccc(O)c3C)ncnc2cc1OCCCN(C)C. The Morgan fingerprint density at radius 1 is 1.17 bits per heavy atom. The lowest BCUT2D eigenvalue weighted by Gasteiger charge is -2.15. The van der Waals surface area contributed by atoms with Crippen molar-refractivity contribution in [3.63, 3.8) is 0 Å². The molecule has 154 valence electrons. The summed E-state index contributed by atoms with van der Waals surface area (Å²) in [6.45, 7) is 3.09. The topological polar surface area (TPSA) is 79.7 Å². The van der Waals surface area contributed by atoms with Crippen LogP contribution in [0, 0.1) is 12.7 Å². The summed E-state index contributed by atoms with van der Waals surface area (Å²) in [4.78, 5) is 10.6. The minimum atomic E-state index is -0.486. The van der Waals surface area contributed by atoms with Crippen LogP contribution in [0.15, 0.2) is 30.6 Å². The number of nitrogens with one attached hydrogen (secondary N) is 1. The van der Waals surface area contributed by atoms with Gasteiger partial charge in [-0.05, 0) is 45.6 Å². The summed E-state index contributed by atoms with van der Waals surface area (Å²) < 4.78 is 25.6. The number of nitrogens with zero attached hydrogens (tertiary/aromatic N) is 3. The standard InChI is InChI=1S/C21H25FN4O3/c1-13-17(27)7-6-15(22)20(13)25-21-14-10-18(28-4)19(11-16(14)23-12-24-21)29-9-5-8-26(2)3/h6-7,10-12,27H,5,8-9H2,1-4H3,(H,23,24,25). The summed E-state index contributed by atoms with van der Waals surface area (Å²) in [6.07, 6.45) is 2.27. The third-order valence-corrected chi connectivity index (χ3v) is 4.56. The molecule has 0 bridgehead atoms. The molecule has 0 spiro atoms. The number of methoxy groups -OCH3 is 1. The summed E-state index contributed by atoms with van der Waals surface area (Å²) in [5.74, 6) is 1.04. The van der Waals surface area contributed by atoms with Crippen LogP contribution >= 0.6 is 0 Å². The third-order valence-electron chi connectivity index (χ3n) is 4.56. The Morgan fingerprint density at radius 3 is 2.69 bits per heavy atom. The molecule has 0 aliphatic heterocycles. The van der Waals surface area contributed by atoms with E-state index in [1.165, 1.54) is 18.5 Å². The maximum atomic E-state index is 14.3. The molecule has 0 radical (unpaired) electrons. The van der Waals surface area contributed by atoms with Gasteiger partial charge in [-0.2, -0.15) is 0 Å². The lowest BCUT2D eigenvalue weighted by atomic mass is 10.1. The number of anilines is 2. The molecule has 0 saturated carbocycles. The van der Waals surface area contributed by atoms with Gasteiger partial charge in [0.25, 0.3) is 0 Å². The lowest BCUT2D eigenvalue weighted by molar-refractivity contribution is 0.268. The zero-order valence-electron chi connectivity index (χ0n) is 17.0. The maximum Gasteiger partial charge on any atom is 0.163 e. The van der Waals surface area contributed by atoms with Gasteiger partial charge in [0, 0.05) is 23.6 Å². The lowest BCUT2D eigenvalue weighted by Crippen LogP contribution is -2.15. The number of aromatic hydroxyl groups is 1. The van der Waals surface area contributed by atoms with Crippen molar-refractivity contribution in [3.05, 3.63) is 42.0 Å². The summed E-state index contributed by atoms with van der Waals surface area (Å²) in [7, 11) is 5.59. The fraction of sp³-hybridized carbons (Fsp3) is 0.333. The van der Waals surface area contributed by atoms with Crippen LogP contribution in [0.1, 0.15) is 12.0 Å². The molecule has 0 unspecified atom stereocenters. The van der Waals surface area contributed by atoms with Gasteiger partial charge >= 0.3 is 0 Å². The Hall–Kier alpha value is -3.13. The molecule has 1 heterocycles. The van der Waals surface area contributed by atoms with Crippen molar-refractivity contribution in [3.8, 4) is 17.2 Å². The number of rotatable bonds is 8. The Bertz CT molecular complexity index is 1010. The van der Waals surface area contributed by atoms with Crippen LogP contribution in [0.25, 0.3) is 10.9 Å². The second kappa shape index (κ2) is 8.91. The smallest absolute Gasteiger partial charge is 0.163 e. The van der Waals surface area contributed by atoms with Gasteiger partial charge < -0.3 is 24.8 Å². The van der Waals surface area contributed by atoms with Crippen LogP contribution in [-0.2, 0) is 0 Å². The van der Waals surface area contributed by atoms with Gasteiger partial charge in [-0.1, -0.05) is 0 Å². The van der Waals surface area contributed by atoms with Gasteiger partial charge in [-0.15, -0.1) is 0 Å². The first-order valence-electron chi connectivity index (χ1n) is 9.26. The number of benzene rings is 2. The average Bonchev–Trinajstić information content (AvgIpc) is 2.70. The van der Waals surface area contributed by atoms with E-state index in [1.807, 2.05) is 14.1 Å². The Balaban J connectivity index is 1.94. The minimum absolute atomic E-state index is 0.00162. The van der Waals surface area contributed by atoms with Crippen molar-refractivity contribution >= 4 is 22.4 Å². The highest BCUT2D eigenvalue weighted by Gasteiger charge is 2.15. The molecule has 0 aliphatic carbocycles. The first-order chi connectivity index (χ1) is 13.9. The number of phenolic OH excluding ortho intramolecular Hbond substituents is 1. The first kappa shape index (κ1) is 20.6. The normalized spacial score (nSPS) is 11.1. The highest BCUT2D eigenvalue weighted by Crippen LogP contribution is 2.36. The highest BCUT2D eigenvalue weighted by atomic mass is 19.1. The molecular formula is C21H25FN4O3. The van der Waals surface area contributed by atoms with Gasteiger partial charge in [-0.3, -0.25) is 0 Å². The van der Waals surface area contributed by atoms with E-state index in [-0.39, 0.29) is 11.4 Å². The molecule has 0 fully saturated rings. The van der Waals surface area contributed by atoms with Crippen molar-refractivity contribution in [1.29, 1.82) is 0 Å². The van der Waals surface area contributed by atoms with Gasteiger partial charge in [0.15, 0.2) is 11.5 Å². The van der Waals surface area contributed by atoms with E-state index in [9.17, 15) is 9.50 Å². The van der Waals surface area contributed by atoms with Crippen molar-refractivity contribution < 1.29 is 19.0 Å². The van der Waals surface area contributed by atoms with E-state index < -0.39 is 5.82 Å². The van der Waals surface area contributed by atoms with Gasteiger partial charge in [0.05, 0.1) is 24.9 Å². The van der Waals surface area contributed by atoms with E-state index in [4.69, 9.17) is 9.47 Å². The van der Waals surface area contributed by atoms with Crippen LogP contribution in [-0.4, -0.2) is 54.3 Å². The van der Waals surface area contributed by atoms with Gasteiger partial charge in [0.1, 0.15) is 23.7 Å². The van der Waals surface area contributed by atoms with Crippen LogP contribution < -0.4 is 14.8 Å². The molecular weight excluding hydrogens is 375 g/mol. The zero-order chi connectivity index (χ0) is 21.0. The van der Waals surface area contributed by atoms with Crippen LogP contribution in [0.3, 0.4) is 0 Å². The maximum absolute atomic E-state index is 14.3. The molecule has 0 saturated heterocycles. The van der Waals surface area contributed by atoms with Crippen LogP contribution in [0.4, 0.5) is 15.9 Å². The van der Waals surface area contributed by atoms with Crippen LogP contribution in [0.5, 0.6) is 17.2 Å². The molecule has 29 heavy (non-hydrogen) atoms. The molecule has 7 nitrogen and oxygen atoms in total. The number of hydrogen-bond acceptors (Lipinski definition) is 7. The predicted molar refractivity (Wildman–Crippen MR) is 111 cm³/mol. The molecule has 0 amide bonds. The fourth-order valence-electron chi connectivity index (χ4n) is 2.94. The van der Waals surface area contributed by atoms with E-state index in [0.29, 0.717) is 40.4 Å². The summed E-state index contributed by atoms with van der Waals surface area (Å²) in [6, 6.07) is 6.06. The Labute approximate surface area is 169 Å². The van der Waals surface area contributed by atoms with E-state index in [0.717, 1.165) is 13.0 Å². The number of aromatic nitrogens is 2. The Morgan fingerprint density at radius 2 is 1.97 bits per heavy atom. The first-order valence-corrected chi connectivity index (χ1v) is 9.26. The second-order valence-corrected chi connectivity index (χ2v) is 6.94. The third kappa shape index (κ3) is 4.65. The summed E-state index contributed by atoms with van der Waals surface area (Å²) in [5, 5.41) is 13.5. The molecule has 0 atom stereocenters. The van der Waals surface area contributed by atoms with Crippen molar-refractivity contribution in [2.45, 2.75) is 13.3 Å². The summed E-state index contributed by atoms with van der Waals surface area (Å²) >= 11 is 0. The van der Waals surface area contributed by atoms with E-state index in [2.05, 4.69) is 20.2 Å². The molecule has 3 aromatic rings. The highest BCUT2D eigenvalue weighted by molar-refractivity contribution is 5.93. The summed E-state index contributed by atoms with van der Waals surface area (Å²) in [5.41, 5.74) is 1.18. The molecule has 3 rings (SSSR count). The number of ether oxygens (including phenoxy) is 2.